The van der Waals surface area contributed by atoms with Crippen LogP contribution >= 0.6 is 0 Å². The lowest BCUT2D eigenvalue weighted by atomic mass is 9.43. The summed E-state index contributed by atoms with van der Waals surface area (Å²) in [5, 5.41) is 9.69. The number of carbonyl (C=O) groups is 1. The third kappa shape index (κ3) is 2.34. The van der Waals surface area contributed by atoms with Crippen molar-refractivity contribution in [2.24, 2.45) is 40.4 Å². The highest BCUT2D eigenvalue weighted by molar-refractivity contribution is 6.02. The van der Waals surface area contributed by atoms with Crippen molar-refractivity contribution in [3.63, 3.8) is 0 Å². The summed E-state index contributed by atoms with van der Waals surface area (Å²) in [4.78, 5) is 13.1. The molecule has 4 heteroatoms. The van der Waals surface area contributed by atoms with E-state index < -0.39 is 5.79 Å². The van der Waals surface area contributed by atoms with E-state index in [0.29, 0.717) is 29.7 Å². The van der Waals surface area contributed by atoms with E-state index in [1.54, 1.807) is 0 Å². The van der Waals surface area contributed by atoms with Crippen molar-refractivity contribution >= 4 is 5.78 Å². The van der Waals surface area contributed by atoms with E-state index in [4.69, 9.17) is 9.47 Å². The van der Waals surface area contributed by atoms with Gasteiger partial charge in [0.2, 0.25) is 0 Å². The summed E-state index contributed by atoms with van der Waals surface area (Å²) in [6, 6.07) is 0. The fourth-order valence-electron chi connectivity index (χ4n) is 8.18. The van der Waals surface area contributed by atoms with Crippen LogP contribution in [0.1, 0.15) is 73.1 Å². The van der Waals surface area contributed by atoms with E-state index >= 15 is 0 Å². The van der Waals surface area contributed by atoms with Crippen LogP contribution in [0.4, 0.5) is 0 Å². The molecule has 2 unspecified atom stereocenters. The maximum atomic E-state index is 13.1. The van der Waals surface area contributed by atoms with Gasteiger partial charge in [0.15, 0.2) is 11.6 Å². The first-order valence-electron chi connectivity index (χ1n) is 11.3. The van der Waals surface area contributed by atoms with E-state index in [1.165, 1.54) is 19.3 Å². The fraction of sp³-hybridized carbons (Fsp3) is 0.875. The highest BCUT2D eigenvalue weighted by Crippen LogP contribution is 2.68. The Morgan fingerprint density at radius 3 is 2.43 bits per heavy atom. The van der Waals surface area contributed by atoms with E-state index in [2.05, 4.69) is 20.8 Å². The van der Waals surface area contributed by atoms with Crippen LogP contribution in [0.5, 0.6) is 0 Å². The van der Waals surface area contributed by atoms with Crippen LogP contribution < -0.4 is 0 Å². The predicted molar refractivity (Wildman–Crippen MR) is 107 cm³/mol. The summed E-state index contributed by atoms with van der Waals surface area (Å²) in [5.74, 6) is 2.05. The van der Waals surface area contributed by atoms with Crippen molar-refractivity contribution in [2.45, 2.75) is 91.1 Å². The molecule has 4 aliphatic carbocycles. The number of Topliss-reactive ketones (excluding diaryl/α,β-unsaturated/α-hetero) is 1. The second-order valence-electron chi connectivity index (χ2n) is 11.5. The minimum atomic E-state index is -0.558. The molecule has 0 aromatic carbocycles. The van der Waals surface area contributed by atoms with Gasteiger partial charge >= 0.3 is 0 Å². The number of aliphatic hydroxyl groups is 1. The number of aliphatic hydroxyl groups excluding tert-OH is 1. The Balaban J connectivity index is 1.61. The molecule has 0 amide bonds. The number of fused-ring (bicyclic) bond motifs is 8. The van der Waals surface area contributed by atoms with Gasteiger partial charge in [-0.3, -0.25) is 4.79 Å². The van der Waals surface area contributed by atoms with Gasteiger partial charge in [-0.1, -0.05) is 27.2 Å². The first-order chi connectivity index (χ1) is 13.1. The maximum Gasteiger partial charge on any atom is 0.168 e. The molecule has 1 saturated heterocycles. The molecule has 1 aliphatic heterocycles. The third-order valence-electron chi connectivity index (χ3n) is 9.59. The van der Waals surface area contributed by atoms with Crippen LogP contribution in [-0.4, -0.2) is 28.9 Å². The highest BCUT2D eigenvalue weighted by atomic mass is 16.8. The lowest BCUT2D eigenvalue weighted by molar-refractivity contribution is -0.181. The zero-order valence-electron chi connectivity index (χ0n) is 18.0. The molecule has 9 atom stereocenters. The monoisotopic (exact) mass is 388 g/mol. The van der Waals surface area contributed by atoms with E-state index in [0.717, 1.165) is 25.0 Å². The SMILES string of the molecule is C[C@H]1CC[C@]2(C)C3CC[C@]4(C)C(=O)/C(=C\O)C[C@H]4C3[C@H]3OC(C)(C)O[C@@H]3[C@H]2C1. The average molecular weight is 389 g/mol. The van der Waals surface area contributed by atoms with Crippen molar-refractivity contribution in [1.29, 1.82) is 0 Å². The van der Waals surface area contributed by atoms with E-state index in [1.807, 2.05) is 13.8 Å². The summed E-state index contributed by atoms with van der Waals surface area (Å²) in [5.41, 5.74) is 0.520. The number of hydrogen-bond acceptors (Lipinski definition) is 4. The molecular formula is C24H36O4. The molecule has 156 valence electrons. The minimum Gasteiger partial charge on any atom is -0.515 e. The van der Waals surface area contributed by atoms with Crippen LogP contribution in [0.3, 0.4) is 0 Å². The number of hydrogen-bond donors (Lipinski definition) is 1. The van der Waals surface area contributed by atoms with Gasteiger partial charge in [-0.15, -0.1) is 0 Å². The Labute approximate surface area is 169 Å². The van der Waals surface area contributed by atoms with Gasteiger partial charge < -0.3 is 14.6 Å². The molecule has 5 aliphatic rings. The summed E-state index contributed by atoms with van der Waals surface area (Å²) < 4.78 is 13.2. The summed E-state index contributed by atoms with van der Waals surface area (Å²) in [7, 11) is 0. The standard InChI is InChI=1S/C24H36O4/c1-13-6-8-23(4)15-7-9-24(5)16(11-14(12-25)21(24)26)18(15)20-19(17(23)10-13)27-22(2,3)28-20/h12-13,15-20,25H,6-11H2,1-5H3/b14-12-/t13-,15?,16-,17+,18?,19+,20+,23+,24-/m0/s1. The van der Waals surface area contributed by atoms with Gasteiger partial charge in [-0.05, 0) is 81.0 Å². The molecule has 5 rings (SSSR count). The quantitative estimate of drug-likeness (QED) is 0.467. The third-order valence-corrected chi connectivity index (χ3v) is 9.59. The summed E-state index contributed by atoms with van der Waals surface area (Å²) >= 11 is 0. The van der Waals surface area contributed by atoms with Crippen molar-refractivity contribution in [3.8, 4) is 0 Å². The number of carbonyl (C=O) groups excluding carboxylic acids is 1. The van der Waals surface area contributed by atoms with Crippen molar-refractivity contribution < 1.29 is 19.4 Å². The van der Waals surface area contributed by atoms with Crippen molar-refractivity contribution in [1.82, 2.24) is 0 Å². The van der Waals surface area contributed by atoms with Crippen molar-refractivity contribution in [2.75, 3.05) is 0 Å². The number of rotatable bonds is 0. The lowest BCUT2D eigenvalue weighted by Crippen LogP contribution is -2.63. The number of ketones is 1. The van der Waals surface area contributed by atoms with Crippen molar-refractivity contribution in [3.05, 3.63) is 11.8 Å². The van der Waals surface area contributed by atoms with Crippen LogP contribution in [0.2, 0.25) is 0 Å². The zero-order valence-corrected chi connectivity index (χ0v) is 18.0. The Kier molecular flexibility index (Phi) is 3.99. The summed E-state index contributed by atoms with van der Waals surface area (Å²) in [6.45, 7) is 11.1. The molecular weight excluding hydrogens is 352 g/mol. The van der Waals surface area contributed by atoms with Gasteiger partial charge in [0.05, 0.1) is 18.5 Å². The van der Waals surface area contributed by atoms with E-state index in [9.17, 15) is 9.90 Å². The maximum absolute atomic E-state index is 13.1. The van der Waals surface area contributed by atoms with Crippen LogP contribution in [0, 0.1) is 40.4 Å². The van der Waals surface area contributed by atoms with E-state index in [-0.39, 0.29) is 34.7 Å². The molecule has 0 radical (unpaired) electrons. The van der Waals surface area contributed by atoms with Gasteiger partial charge in [0.1, 0.15) is 0 Å². The lowest BCUT2D eigenvalue weighted by Gasteiger charge is -2.62. The van der Waals surface area contributed by atoms with Gasteiger partial charge in [-0.2, -0.15) is 0 Å². The highest BCUT2D eigenvalue weighted by Gasteiger charge is 2.69. The number of ether oxygens (including phenoxy) is 2. The molecule has 0 spiro atoms. The predicted octanol–water partition coefficient (Wildman–Crippen LogP) is 5.03. The van der Waals surface area contributed by atoms with Gasteiger partial charge in [0, 0.05) is 11.0 Å². The molecule has 0 bridgehead atoms. The first kappa shape index (κ1) is 19.1. The Bertz CT molecular complexity index is 726. The molecule has 5 fully saturated rings. The average Bonchev–Trinajstić information content (AvgIpc) is 3.09. The largest absolute Gasteiger partial charge is 0.515 e. The molecule has 4 saturated carbocycles. The molecule has 28 heavy (non-hydrogen) atoms. The fourth-order valence-corrected chi connectivity index (χ4v) is 8.18. The second-order valence-corrected chi connectivity index (χ2v) is 11.5. The Hall–Kier alpha value is -0.870. The molecule has 1 N–H and O–H groups in total. The topological polar surface area (TPSA) is 55.8 Å². The molecule has 4 nitrogen and oxygen atoms in total. The van der Waals surface area contributed by atoms with Crippen LogP contribution in [-0.2, 0) is 14.3 Å². The first-order valence-corrected chi connectivity index (χ1v) is 11.3. The second kappa shape index (κ2) is 5.85. The van der Waals surface area contributed by atoms with Crippen LogP contribution in [0.15, 0.2) is 11.8 Å². The molecule has 1 heterocycles. The van der Waals surface area contributed by atoms with Gasteiger partial charge in [-0.25, -0.2) is 0 Å². The zero-order chi connectivity index (χ0) is 20.1. The minimum absolute atomic E-state index is 0.0684. The molecule has 0 aromatic heterocycles. The Morgan fingerprint density at radius 2 is 1.71 bits per heavy atom. The van der Waals surface area contributed by atoms with Crippen LogP contribution in [0.25, 0.3) is 0 Å². The Morgan fingerprint density at radius 1 is 1.00 bits per heavy atom. The smallest absolute Gasteiger partial charge is 0.168 e. The number of allylic oxidation sites excluding steroid dienone is 1. The molecule has 0 aromatic rings. The van der Waals surface area contributed by atoms with Gasteiger partial charge in [0.25, 0.3) is 0 Å². The normalized spacial score (nSPS) is 56.1. The summed E-state index contributed by atoms with van der Waals surface area (Å²) in [6.07, 6.45) is 7.77.